The van der Waals surface area contributed by atoms with E-state index in [0.717, 1.165) is 18.4 Å². The zero-order chi connectivity index (χ0) is 21.1. The summed E-state index contributed by atoms with van der Waals surface area (Å²) in [6.07, 6.45) is 7.91. The fraction of sp³-hybridized carbons (Fsp3) is 0.381. The Morgan fingerprint density at radius 3 is 2.80 bits per heavy atom. The molecule has 0 saturated heterocycles. The molecule has 4 rings (SSSR count). The van der Waals surface area contributed by atoms with E-state index in [1.807, 2.05) is 19.1 Å². The molecule has 1 amide bonds. The van der Waals surface area contributed by atoms with Crippen molar-refractivity contribution in [2.45, 2.75) is 51.3 Å². The van der Waals surface area contributed by atoms with Gasteiger partial charge in [0.05, 0.1) is 22.8 Å². The first kappa shape index (κ1) is 19.8. The van der Waals surface area contributed by atoms with Crippen LogP contribution in [0.2, 0.25) is 0 Å². The van der Waals surface area contributed by atoms with Crippen molar-refractivity contribution in [3.63, 3.8) is 0 Å². The largest absolute Gasteiger partial charge is 0.474 e. The molecule has 9 heteroatoms. The number of nitro groups is 1. The Kier molecular flexibility index (Phi) is 5.60. The van der Waals surface area contributed by atoms with E-state index in [4.69, 9.17) is 4.74 Å². The van der Waals surface area contributed by atoms with Gasteiger partial charge in [0.25, 0.3) is 5.69 Å². The lowest BCUT2D eigenvalue weighted by molar-refractivity contribution is -0.383. The minimum atomic E-state index is -0.470. The van der Waals surface area contributed by atoms with Crippen molar-refractivity contribution in [3.8, 4) is 5.88 Å². The van der Waals surface area contributed by atoms with Crippen molar-refractivity contribution in [2.75, 3.05) is 0 Å². The molecule has 1 aliphatic carbocycles. The summed E-state index contributed by atoms with van der Waals surface area (Å²) >= 11 is 0. The zero-order valence-electron chi connectivity index (χ0n) is 16.7. The van der Waals surface area contributed by atoms with Crippen LogP contribution in [0.1, 0.15) is 44.2 Å². The number of ether oxygens (including phenoxy) is 1. The number of nitrogens with one attached hydrogen (secondary N) is 1. The summed E-state index contributed by atoms with van der Waals surface area (Å²) in [7, 11) is 0. The zero-order valence-corrected chi connectivity index (χ0v) is 16.7. The molecule has 1 unspecified atom stereocenters. The van der Waals surface area contributed by atoms with Gasteiger partial charge < -0.3 is 14.6 Å². The normalized spacial score (nSPS) is 15.2. The molecule has 1 aromatic carbocycles. The fourth-order valence-corrected chi connectivity index (χ4v) is 3.79. The summed E-state index contributed by atoms with van der Waals surface area (Å²) in [5, 5.41) is 14.2. The average molecular weight is 409 g/mol. The van der Waals surface area contributed by atoms with Crippen LogP contribution < -0.4 is 10.1 Å². The summed E-state index contributed by atoms with van der Waals surface area (Å²) < 4.78 is 7.36. The SMILES string of the molecule is CC(NC(=O)Cn1cnc2cccc([N+](=O)[O-])c21)c1ccc(OC2CCCC2)nc1. The molecule has 1 saturated carbocycles. The van der Waals surface area contributed by atoms with Crippen molar-refractivity contribution in [2.24, 2.45) is 0 Å². The molecule has 2 aromatic heterocycles. The van der Waals surface area contributed by atoms with E-state index in [1.165, 1.54) is 29.8 Å². The Morgan fingerprint density at radius 2 is 2.10 bits per heavy atom. The molecule has 3 aromatic rings. The highest BCUT2D eigenvalue weighted by molar-refractivity contribution is 5.87. The quantitative estimate of drug-likeness (QED) is 0.472. The van der Waals surface area contributed by atoms with E-state index in [1.54, 1.807) is 18.3 Å². The number of nitrogens with zero attached hydrogens (tertiary/aromatic N) is 4. The number of amides is 1. The molecular formula is C21H23N5O4. The van der Waals surface area contributed by atoms with Gasteiger partial charge in [-0.2, -0.15) is 0 Å². The molecule has 1 N–H and O–H groups in total. The highest BCUT2D eigenvalue weighted by Crippen LogP contribution is 2.25. The van der Waals surface area contributed by atoms with Crippen molar-refractivity contribution in [1.82, 2.24) is 19.9 Å². The average Bonchev–Trinajstić information content (AvgIpc) is 3.38. The van der Waals surface area contributed by atoms with Gasteiger partial charge in [-0.05, 0) is 44.2 Å². The standard InChI is InChI=1S/C21H23N5O4/c1-14(15-9-10-20(22-11-15)30-16-5-2-3-6-16)24-19(27)12-25-13-23-17-7-4-8-18(21(17)25)26(28)29/h4,7-11,13-14,16H,2-3,5-6,12H2,1H3,(H,24,27). The Bertz CT molecular complexity index is 1060. The van der Waals surface area contributed by atoms with E-state index in [0.29, 0.717) is 16.9 Å². The van der Waals surface area contributed by atoms with E-state index < -0.39 is 4.92 Å². The molecule has 0 aliphatic heterocycles. The van der Waals surface area contributed by atoms with Crippen LogP contribution in [0.3, 0.4) is 0 Å². The van der Waals surface area contributed by atoms with Crippen molar-refractivity contribution >= 4 is 22.6 Å². The molecular weight excluding hydrogens is 386 g/mol. The summed E-state index contributed by atoms with van der Waals surface area (Å²) in [4.78, 5) is 31.9. The number of hydrogen-bond donors (Lipinski definition) is 1. The first-order valence-electron chi connectivity index (χ1n) is 10.0. The van der Waals surface area contributed by atoms with Crippen LogP contribution in [-0.2, 0) is 11.3 Å². The van der Waals surface area contributed by atoms with Crippen LogP contribution in [0.4, 0.5) is 5.69 Å². The highest BCUT2D eigenvalue weighted by Gasteiger charge is 2.19. The van der Waals surface area contributed by atoms with Gasteiger partial charge in [0.2, 0.25) is 11.8 Å². The third-order valence-corrected chi connectivity index (χ3v) is 5.35. The number of nitro benzene ring substituents is 1. The molecule has 30 heavy (non-hydrogen) atoms. The number of fused-ring (bicyclic) bond motifs is 1. The number of non-ortho nitro benzene ring substituents is 1. The van der Waals surface area contributed by atoms with Gasteiger partial charge in [-0.15, -0.1) is 0 Å². The monoisotopic (exact) mass is 409 g/mol. The van der Waals surface area contributed by atoms with Crippen LogP contribution in [0.15, 0.2) is 42.9 Å². The number of carbonyl (C=O) groups excluding carboxylic acids is 1. The number of aromatic nitrogens is 3. The van der Waals surface area contributed by atoms with E-state index in [-0.39, 0.29) is 30.3 Å². The molecule has 9 nitrogen and oxygen atoms in total. The molecule has 156 valence electrons. The topological polar surface area (TPSA) is 112 Å². The molecule has 1 atom stereocenters. The number of hydrogen-bond acceptors (Lipinski definition) is 6. The van der Waals surface area contributed by atoms with Gasteiger partial charge in [-0.3, -0.25) is 14.9 Å². The molecule has 0 radical (unpaired) electrons. The third kappa shape index (κ3) is 4.24. The Hall–Kier alpha value is -3.49. The molecule has 0 bridgehead atoms. The van der Waals surface area contributed by atoms with Gasteiger partial charge in [0.1, 0.15) is 18.2 Å². The van der Waals surface area contributed by atoms with Crippen molar-refractivity contribution in [1.29, 1.82) is 0 Å². The van der Waals surface area contributed by atoms with Gasteiger partial charge in [-0.25, -0.2) is 9.97 Å². The second kappa shape index (κ2) is 8.48. The van der Waals surface area contributed by atoms with Gasteiger partial charge >= 0.3 is 0 Å². The summed E-state index contributed by atoms with van der Waals surface area (Å²) in [6, 6.07) is 8.10. The smallest absolute Gasteiger partial charge is 0.295 e. The number of imidazole rings is 1. The van der Waals surface area contributed by atoms with Crippen LogP contribution >= 0.6 is 0 Å². The minimum absolute atomic E-state index is 0.0675. The van der Waals surface area contributed by atoms with Crippen molar-refractivity contribution < 1.29 is 14.5 Å². The lowest BCUT2D eigenvalue weighted by Crippen LogP contribution is -2.30. The van der Waals surface area contributed by atoms with Crippen LogP contribution in [-0.4, -0.2) is 31.5 Å². The lowest BCUT2D eigenvalue weighted by atomic mass is 10.1. The van der Waals surface area contributed by atoms with Crippen molar-refractivity contribution in [3.05, 3.63) is 58.5 Å². The predicted molar refractivity (Wildman–Crippen MR) is 110 cm³/mol. The Labute approximate surface area is 173 Å². The minimum Gasteiger partial charge on any atom is -0.474 e. The molecule has 0 spiro atoms. The first-order valence-corrected chi connectivity index (χ1v) is 10.0. The summed E-state index contributed by atoms with van der Waals surface area (Å²) in [5.41, 5.74) is 1.59. The summed E-state index contributed by atoms with van der Waals surface area (Å²) in [5.74, 6) is 0.326. The van der Waals surface area contributed by atoms with E-state index >= 15 is 0 Å². The second-order valence-corrected chi connectivity index (χ2v) is 7.52. The lowest BCUT2D eigenvalue weighted by Gasteiger charge is -2.16. The van der Waals surface area contributed by atoms with Gasteiger partial charge in [-0.1, -0.05) is 12.1 Å². The third-order valence-electron chi connectivity index (χ3n) is 5.35. The second-order valence-electron chi connectivity index (χ2n) is 7.52. The van der Waals surface area contributed by atoms with Crippen LogP contribution in [0.5, 0.6) is 5.88 Å². The molecule has 1 fully saturated rings. The predicted octanol–water partition coefficient (Wildman–Crippen LogP) is 3.54. The number of carbonyl (C=O) groups is 1. The van der Waals surface area contributed by atoms with E-state index in [9.17, 15) is 14.9 Å². The van der Waals surface area contributed by atoms with Crippen LogP contribution in [0, 0.1) is 10.1 Å². The number of rotatable bonds is 7. The number of benzene rings is 1. The Morgan fingerprint density at radius 1 is 1.30 bits per heavy atom. The van der Waals surface area contributed by atoms with Crippen LogP contribution in [0.25, 0.3) is 11.0 Å². The molecule has 1 aliphatic rings. The highest BCUT2D eigenvalue weighted by atomic mass is 16.6. The maximum Gasteiger partial charge on any atom is 0.295 e. The fourth-order valence-electron chi connectivity index (χ4n) is 3.79. The molecule has 2 heterocycles. The Balaban J connectivity index is 1.40. The van der Waals surface area contributed by atoms with E-state index in [2.05, 4.69) is 15.3 Å². The number of pyridine rings is 1. The first-order chi connectivity index (χ1) is 14.5. The number of para-hydroxylation sites is 1. The van der Waals surface area contributed by atoms with Gasteiger partial charge in [0, 0.05) is 18.3 Å². The van der Waals surface area contributed by atoms with Gasteiger partial charge in [0.15, 0.2) is 0 Å². The maximum atomic E-state index is 12.5. The maximum absolute atomic E-state index is 12.5. The summed E-state index contributed by atoms with van der Waals surface area (Å²) in [6.45, 7) is 1.79.